The molecule has 7 heteroatoms. The second-order valence-electron chi connectivity index (χ2n) is 7.74. The van der Waals surface area contributed by atoms with Crippen molar-refractivity contribution in [2.45, 2.75) is 56.8 Å². The van der Waals surface area contributed by atoms with Crippen molar-refractivity contribution in [3.63, 3.8) is 0 Å². The highest BCUT2D eigenvalue weighted by Crippen LogP contribution is 2.52. The lowest BCUT2D eigenvalue weighted by Gasteiger charge is -2.46. The van der Waals surface area contributed by atoms with Gasteiger partial charge in [-0.2, -0.15) is 13.2 Å². The van der Waals surface area contributed by atoms with Gasteiger partial charge in [-0.15, -0.1) is 0 Å². The van der Waals surface area contributed by atoms with E-state index in [2.05, 4.69) is 0 Å². The summed E-state index contributed by atoms with van der Waals surface area (Å²) in [5.74, 6) is -1.54. The normalized spacial score (nSPS) is 27.8. The second-order valence-corrected chi connectivity index (χ2v) is 7.74. The summed E-state index contributed by atoms with van der Waals surface area (Å²) < 4.78 is 47.8. The van der Waals surface area contributed by atoms with E-state index in [9.17, 15) is 22.8 Å². The van der Waals surface area contributed by atoms with Gasteiger partial charge in [0, 0.05) is 18.4 Å². The van der Waals surface area contributed by atoms with Crippen molar-refractivity contribution in [3.05, 3.63) is 47.2 Å². The van der Waals surface area contributed by atoms with Crippen LogP contribution in [0.4, 0.5) is 13.2 Å². The Morgan fingerprint density at radius 2 is 1.63 bits per heavy atom. The standard InChI is InChI=1S/C20H20F3NO3/c21-20(22,23)19(13-7-3-1-4-8-13)24-17(26)16-14(25)11-18(12-15(16)27-19)9-5-2-6-10-18/h1,3-4,7-8H,2,5-6,9-12H2,(H,24,26). The first kappa shape index (κ1) is 18.1. The molecule has 1 unspecified atom stereocenters. The Kier molecular flexibility index (Phi) is 4.09. The van der Waals surface area contributed by atoms with Crippen LogP contribution in [0.2, 0.25) is 0 Å². The number of rotatable bonds is 1. The number of allylic oxidation sites excluding steroid dienone is 1. The lowest BCUT2D eigenvalue weighted by molar-refractivity contribution is -0.288. The van der Waals surface area contributed by atoms with Crippen LogP contribution in [0, 0.1) is 5.41 Å². The van der Waals surface area contributed by atoms with E-state index >= 15 is 0 Å². The molecule has 1 saturated carbocycles. The number of nitrogens with one attached hydrogen (secondary N) is 1. The molecule has 3 aliphatic rings. The Morgan fingerprint density at radius 1 is 0.963 bits per heavy atom. The van der Waals surface area contributed by atoms with Crippen molar-refractivity contribution < 1.29 is 27.5 Å². The molecule has 1 heterocycles. The minimum atomic E-state index is -4.89. The molecular formula is C20H20F3NO3. The quantitative estimate of drug-likeness (QED) is 0.747. The molecule has 1 N–H and O–H groups in total. The van der Waals surface area contributed by atoms with Gasteiger partial charge in [-0.3, -0.25) is 9.59 Å². The number of carbonyl (C=O) groups is 2. The summed E-state index contributed by atoms with van der Waals surface area (Å²) in [6.07, 6.45) is -0.0202. The maximum Gasteiger partial charge on any atom is 0.453 e. The third kappa shape index (κ3) is 2.84. The minimum Gasteiger partial charge on any atom is -0.458 e. The lowest BCUT2D eigenvalue weighted by Crippen LogP contribution is -2.62. The Morgan fingerprint density at radius 3 is 2.26 bits per heavy atom. The number of carbonyl (C=O) groups excluding carboxylic acids is 2. The Hall–Kier alpha value is -2.31. The first-order valence-corrected chi connectivity index (χ1v) is 9.17. The predicted octanol–water partition coefficient (Wildman–Crippen LogP) is 4.12. The van der Waals surface area contributed by atoms with Crippen LogP contribution in [-0.2, 0) is 20.1 Å². The van der Waals surface area contributed by atoms with Crippen LogP contribution in [0.3, 0.4) is 0 Å². The highest BCUT2D eigenvalue weighted by molar-refractivity contribution is 6.21. The van der Waals surface area contributed by atoms with E-state index in [1.807, 2.05) is 5.32 Å². The van der Waals surface area contributed by atoms with Crippen molar-refractivity contribution >= 4 is 11.7 Å². The number of hydrogen-bond acceptors (Lipinski definition) is 3. The van der Waals surface area contributed by atoms with Crippen molar-refractivity contribution in [1.29, 1.82) is 0 Å². The molecule has 1 amide bonds. The number of halogens is 3. The summed E-state index contributed by atoms with van der Waals surface area (Å²) in [5, 5.41) is 1.94. The fraction of sp³-hybridized carbons (Fsp3) is 0.500. The summed E-state index contributed by atoms with van der Waals surface area (Å²) in [7, 11) is 0. The molecule has 4 nitrogen and oxygen atoms in total. The third-order valence-corrected chi connectivity index (χ3v) is 5.92. The van der Waals surface area contributed by atoms with Crippen molar-refractivity contribution in [2.75, 3.05) is 0 Å². The molecule has 1 aromatic rings. The first-order chi connectivity index (χ1) is 12.8. The molecular weight excluding hydrogens is 359 g/mol. The zero-order chi connectivity index (χ0) is 19.3. The highest BCUT2D eigenvalue weighted by atomic mass is 19.4. The molecule has 0 saturated heterocycles. The molecule has 4 rings (SSSR count). The summed E-state index contributed by atoms with van der Waals surface area (Å²) in [6.45, 7) is 0. The van der Waals surface area contributed by atoms with Gasteiger partial charge in [0.05, 0.1) is 0 Å². The maximum atomic E-state index is 14.1. The number of hydrogen-bond donors (Lipinski definition) is 1. The number of benzene rings is 1. The van der Waals surface area contributed by atoms with Crippen LogP contribution in [0.5, 0.6) is 0 Å². The van der Waals surface area contributed by atoms with E-state index in [1.54, 1.807) is 6.07 Å². The highest BCUT2D eigenvalue weighted by Gasteiger charge is 2.64. The number of ketones is 1. The van der Waals surface area contributed by atoms with E-state index in [-0.39, 0.29) is 35.2 Å². The minimum absolute atomic E-state index is 0.113. The smallest absolute Gasteiger partial charge is 0.453 e. The number of alkyl halides is 3. The summed E-state index contributed by atoms with van der Waals surface area (Å²) in [5.41, 5.74) is -3.83. The maximum absolute atomic E-state index is 14.1. The largest absolute Gasteiger partial charge is 0.458 e. The summed E-state index contributed by atoms with van der Waals surface area (Å²) in [6, 6.07) is 7.03. The number of ether oxygens (including phenoxy) is 1. The van der Waals surface area contributed by atoms with Crippen LogP contribution in [0.15, 0.2) is 41.7 Å². The molecule has 1 aromatic carbocycles. The van der Waals surface area contributed by atoms with Crippen LogP contribution < -0.4 is 5.32 Å². The van der Waals surface area contributed by atoms with Crippen LogP contribution in [-0.4, -0.2) is 17.9 Å². The topological polar surface area (TPSA) is 55.4 Å². The zero-order valence-electron chi connectivity index (χ0n) is 14.7. The first-order valence-electron chi connectivity index (χ1n) is 9.17. The second kappa shape index (κ2) is 6.11. The van der Waals surface area contributed by atoms with Crippen molar-refractivity contribution in [2.24, 2.45) is 5.41 Å². The van der Waals surface area contributed by atoms with Gasteiger partial charge in [0.2, 0.25) is 0 Å². The summed E-state index contributed by atoms with van der Waals surface area (Å²) >= 11 is 0. The third-order valence-electron chi connectivity index (χ3n) is 5.92. The molecule has 0 aromatic heterocycles. The van der Waals surface area contributed by atoms with Gasteiger partial charge in [-0.1, -0.05) is 49.6 Å². The lowest BCUT2D eigenvalue weighted by atomic mass is 9.65. The predicted molar refractivity (Wildman–Crippen MR) is 90.2 cm³/mol. The summed E-state index contributed by atoms with van der Waals surface area (Å²) in [4.78, 5) is 25.2. The van der Waals surface area contributed by atoms with Gasteiger partial charge in [0.15, 0.2) is 5.78 Å². The molecule has 27 heavy (non-hydrogen) atoms. The van der Waals surface area contributed by atoms with E-state index < -0.39 is 23.6 Å². The Labute approximate surface area is 154 Å². The van der Waals surface area contributed by atoms with Crippen LogP contribution in [0.1, 0.15) is 50.5 Å². The monoisotopic (exact) mass is 379 g/mol. The average molecular weight is 379 g/mol. The van der Waals surface area contributed by atoms with Crippen molar-refractivity contribution in [1.82, 2.24) is 5.32 Å². The van der Waals surface area contributed by atoms with E-state index in [0.717, 1.165) is 32.1 Å². The molecule has 1 fully saturated rings. The molecule has 1 aliphatic heterocycles. The SMILES string of the molecule is O=C1CC2(CCCCC2)CC2=C1C(=O)NC(c1ccccc1)(C(F)(F)F)O2. The number of Topliss-reactive ketones (excluding diaryl/α,β-unsaturated/α-hetero) is 1. The van der Waals surface area contributed by atoms with Crippen LogP contribution >= 0.6 is 0 Å². The van der Waals surface area contributed by atoms with Gasteiger partial charge >= 0.3 is 11.9 Å². The van der Waals surface area contributed by atoms with E-state index in [1.165, 1.54) is 24.3 Å². The van der Waals surface area contributed by atoms with Gasteiger partial charge in [0.25, 0.3) is 5.91 Å². The molecule has 1 spiro atoms. The Bertz CT molecular complexity index is 810. The fourth-order valence-corrected chi connectivity index (χ4v) is 4.60. The molecule has 144 valence electrons. The van der Waals surface area contributed by atoms with Gasteiger partial charge in [0.1, 0.15) is 11.3 Å². The van der Waals surface area contributed by atoms with Crippen molar-refractivity contribution in [3.8, 4) is 0 Å². The average Bonchev–Trinajstić information content (AvgIpc) is 2.61. The number of amides is 1. The van der Waals surface area contributed by atoms with E-state index in [0.29, 0.717) is 0 Å². The van der Waals surface area contributed by atoms with E-state index in [4.69, 9.17) is 4.74 Å². The van der Waals surface area contributed by atoms with Gasteiger partial charge < -0.3 is 10.1 Å². The Balaban J connectivity index is 1.80. The van der Waals surface area contributed by atoms with Gasteiger partial charge in [-0.05, 0) is 18.3 Å². The van der Waals surface area contributed by atoms with Gasteiger partial charge in [-0.25, -0.2) is 0 Å². The molecule has 0 bridgehead atoms. The molecule has 2 aliphatic carbocycles. The zero-order valence-corrected chi connectivity index (χ0v) is 14.7. The molecule has 0 radical (unpaired) electrons. The van der Waals surface area contributed by atoms with Crippen LogP contribution in [0.25, 0.3) is 0 Å². The fourth-order valence-electron chi connectivity index (χ4n) is 4.60. The molecule has 1 atom stereocenters.